The van der Waals surface area contributed by atoms with Crippen LogP contribution in [0.1, 0.15) is 24.2 Å². The van der Waals surface area contributed by atoms with E-state index in [4.69, 9.17) is 16.0 Å². The van der Waals surface area contributed by atoms with Crippen LogP contribution in [-0.2, 0) is 4.79 Å². The second-order valence-electron chi connectivity index (χ2n) is 6.95. The van der Waals surface area contributed by atoms with E-state index < -0.39 is 0 Å². The molecule has 0 unspecified atom stereocenters. The third-order valence-electron chi connectivity index (χ3n) is 5.13. The quantitative estimate of drug-likeness (QED) is 0.726. The molecule has 0 bridgehead atoms. The normalized spacial score (nSPS) is 17.3. The van der Waals surface area contributed by atoms with Crippen LogP contribution in [0.5, 0.6) is 0 Å². The Labute approximate surface area is 162 Å². The Morgan fingerprint density at radius 3 is 3.00 bits per heavy atom. The summed E-state index contributed by atoms with van der Waals surface area (Å²) in [5, 5.41) is 4.52. The van der Waals surface area contributed by atoms with Crippen LogP contribution in [0, 0.1) is 19.8 Å². The van der Waals surface area contributed by atoms with Crippen molar-refractivity contribution in [3.8, 4) is 0 Å². The van der Waals surface area contributed by atoms with Crippen molar-refractivity contribution in [2.45, 2.75) is 26.7 Å². The lowest BCUT2D eigenvalue weighted by Crippen LogP contribution is -2.41. The number of piperidine rings is 1. The van der Waals surface area contributed by atoms with Crippen LogP contribution < -0.4 is 10.2 Å². The van der Waals surface area contributed by atoms with Crippen molar-refractivity contribution in [1.82, 2.24) is 9.97 Å². The van der Waals surface area contributed by atoms with Gasteiger partial charge in [0.25, 0.3) is 0 Å². The lowest BCUT2D eigenvalue weighted by Gasteiger charge is -2.33. The zero-order valence-electron chi connectivity index (χ0n) is 15.3. The highest BCUT2D eigenvalue weighted by molar-refractivity contribution is 6.30. The third kappa shape index (κ3) is 3.49. The Bertz CT molecular complexity index is 1000. The molecule has 0 spiro atoms. The molecule has 3 heterocycles. The molecule has 27 heavy (non-hydrogen) atoms. The number of nitrogens with one attached hydrogen (secondary N) is 1. The van der Waals surface area contributed by atoms with Crippen LogP contribution in [0.4, 0.5) is 11.5 Å². The van der Waals surface area contributed by atoms with Crippen LogP contribution in [0.15, 0.2) is 35.0 Å². The largest absolute Gasteiger partial charge is 0.443 e. The van der Waals surface area contributed by atoms with Crippen LogP contribution >= 0.6 is 11.6 Å². The van der Waals surface area contributed by atoms with Crippen molar-refractivity contribution < 1.29 is 9.21 Å². The molecule has 0 saturated carbocycles. The number of aromatic nitrogens is 2. The van der Waals surface area contributed by atoms with Gasteiger partial charge in [-0.3, -0.25) is 4.79 Å². The summed E-state index contributed by atoms with van der Waals surface area (Å²) in [5.41, 5.74) is 2.36. The Morgan fingerprint density at radius 1 is 1.33 bits per heavy atom. The van der Waals surface area contributed by atoms with Gasteiger partial charge in [0, 0.05) is 29.4 Å². The SMILES string of the molecule is Cc1oc2ncnc(N3CCC[C@@H](C(=O)Nc4cccc(Cl)c4)C3)c2c1C. The van der Waals surface area contributed by atoms with Crippen molar-refractivity contribution >= 4 is 40.1 Å². The van der Waals surface area contributed by atoms with Crippen LogP contribution in [0.2, 0.25) is 5.02 Å². The molecule has 1 atom stereocenters. The van der Waals surface area contributed by atoms with E-state index in [0.29, 0.717) is 17.3 Å². The van der Waals surface area contributed by atoms with E-state index >= 15 is 0 Å². The Hall–Kier alpha value is -2.60. The second-order valence-corrected chi connectivity index (χ2v) is 7.38. The summed E-state index contributed by atoms with van der Waals surface area (Å²) in [7, 11) is 0. The number of aryl methyl sites for hydroxylation is 2. The van der Waals surface area contributed by atoms with Crippen molar-refractivity contribution in [3.05, 3.63) is 46.9 Å². The third-order valence-corrected chi connectivity index (χ3v) is 5.36. The number of fused-ring (bicyclic) bond motifs is 1. The van der Waals surface area contributed by atoms with Gasteiger partial charge in [0.1, 0.15) is 17.9 Å². The summed E-state index contributed by atoms with van der Waals surface area (Å²) in [6.45, 7) is 5.42. The van der Waals surface area contributed by atoms with Gasteiger partial charge in [0.05, 0.1) is 11.3 Å². The summed E-state index contributed by atoms with van der Waals surface area (Å²) in [4.78, 5) is 23.7. The lowest BCUT2D eigenvalue weighted by atomic mass is 9.96. The zero-order chi connectivity index (χ0) is 19.0. The molecule has 1 N–H and O–H groups in total. The van der Waals surface area contributed by atoms with E-state index in [-0.39, 0.29) is 11.8 Å². The van der Waals surface area contributed by atoms with Gasteiger partial charge >= 0.3 is 0 Å². The molecule has 0 radical (unpaired) electrons. The smallest absolute Gasteiger partial charge is 0.231 e. The van der Waals surface area contributed by atoms with Crippen LogP contribution in [-0.4, -0.2) is 29.0 Å². The van der Waals surface area contributed by atoms with E-state index in [2.05, 4.69) is 20.2 Å². The number of furan rings is 1. The summed E-state index contributed by atoms with van der Waals surface area (Å²) in [5.74, 6) is 1.58. The van der Waals surface area contributed by atoms with Gasteiger partial charge in [-0.25, -0.2) is 9.97 Å². The minimum atomic E-state index is -0.115. The van der Waals surface area contributed by atoms with Crippen molar-refractivity contribution in [2.24, 2.45) is 5.92 Å². The summed E-state index contributed by atoms with van der Waals surface area (Å²) >= 11 is 6.01. The number of halogens is 1. The molecule has 7 heteroatoms. The first-order chi connectivity index (χ1) is 13.0. The van der Waals surface area contributed by atoms with Gasteiger partial charge in [-0.05, 0) is 44.9 Å². The number of nitrogens with zero attached hydrogens (tertiary/aromatic N) is 3. The molecule has 1 amide bonds. The fraction of sp³-hybridized carbons (Fsp3) is 0.350. The first-order valence-electron chi connectivity index (χ1n) is 9.05. The molecule has 140 valence electrons. The number of hydrogen-bond donors (Lipinski definition) is 1. The number of carbonyl (C=O) groups excluding carboxylic acids is 1. The molecule has 1 aromatic carbocycles. The molecule has 1 aliphatic heterocycles. The van der Waals surface area contributed by atoms with E-state index in [1.165, 1.54) is 6.33 Å². The van der Waals surface area contributed by atoms with Crippen molar-refractivity contribution in [3.63, 3.8) is 0 Å². The minimum Gasteiger partial charge on any atom is -0.443 e. The van der Waals surface area contributed by atoms with Gasteiger partial charge in [-0.2, -0.15) is 0 Å². The highest BCUT2D eigenvalue weighted by Crippen LogP contribution is 2.32. The number of benzene rings is 1. The fourth-order valence-corrected chi connectivity index (χ4v) is 3.79. The van der Waals surface area contributed by atoms with Gasteiger partial charge in [-0.1, -0.05) is 17.7 Å². The predicted molar refractivity (Wildman–Crippen MR) is 106 cm³/mol. The molecular weight excluding hydrogens is 364 g/mol. The summed E-state index contributed by atoms with van der Waals surface area (Å²) in [6.07, 6.45) is 3.30. The fourth-order valence-electron chi connectivity index (χ4n) is 3.60. The van der Waals surface area contributed by atoms with Gasteiger partial charge in [0.15, 0.2) is 0 Å². The molecule has 1 aliphatic rings. The lowest BCUT2D eigenvalue weighted by molar-refractivity contribution is -0.120. The van der Waals surface area contributed by atoms with E-state index in [0.717, 1.165) is 47.6 Å². The van der Waals surface area contributed by atoms with E-state index in [1.807, 2.05) is 26.0 Å². The maximum absolute atomic E-state index is 12.8. The summed E-state index contributed by atoms with van der Waals surface area (Å²) in [6, 6.07) is 7.21. The van der Waals surface area contributed by atoms with Crippen LogP contribution in [0.25, 0.3) is 11.1 Å². The minimum absolute atomic E-state index is 0.00682. The Balaban J connectivity index is 1.56. The molecule has 1 saturated heterocycles. The molecular formula is C20H21ClN4O2. The monoisotopic (exact) mass is 384 g/mol. The first kappa shape index (κ1) is 17.8. The van der Waals surface area contributed by atoms with E-state index in [1.54, 1.807) is 12.1 Å². The Kier molecular flexibility index (Phi) is 4.74. The molecule has 6 nitrogen and oxygen atoms in total. The van der Waals surface area contributed by atoms with Crippen LogP contribution in [0.3, 0.4) is 0 Å². The highest BCUT2D eigenvalue weighted by atomic mass is 35.5. The first-order valence-corrected chi connectivity index (χ1v) is 9.43. The topological polar surface area (TPSA) is 71.3 Å². The summed E-state index contributed by atoms with van der Waals surface area (Å²) < 4.78 is 5.73. The van der Waals surface area contributed by atoms with E-state index in [9.17, 15) is 4.79 Å². The molecule has 0 aliphatic carbocycles. The number of rotatable bonds is 3. The average molecular weight is 385 g/mol. The zero-order valence-corrected chi connectivity index (χ0v) is 16.1. The predicted octanol–water partition coefficient (Wildman–Crippen LogP) is 4.35. The number of hydrogen-bond acceptors (Lipinski definition) is 5. The average Bonchev–Trinajstić information content (AvgIpc) is 2.96. The maximum Gasteiger partial charge on any atom is 0.231 e. The molecule has 2 aromatic heterocycles. The Morgan fingerprint density at radius 2 is 2.19 bits per heavy atom. The number of anilines is 2. The molecule has 4 rings (SSSR count). The van der Waals surface area contributed by atoms with Crippen molar-refractivity contribution in [1.29, 1.82) is 0 Å². The number of carbonyl (C=O) groups is 1. The second kappa shape index (κ2) is 7.19. The standard InChI is InChI=1S/C20H21ClN4O2/c1-12-13(2)27-20-17(12)18(22-11-23-20)25-8-4-5-14(10-25)19(26)24-16-7-3-6-15(21)9-16/h3,6-7,9,11,14H,4-5,8,10H2,1-2H3,(H,24,26)/t14-/m1/s1. The van der Waals surface area contributed by atoms with Gasteiger partial charge in [0.2, 0.25) is 11.6 Å². The molecule has 1 fully saturated rings. The van der Waals surface area contributed by atoms with Gasteiger partial charge < -0.3 is 14.6 Å². The molecule has 3 aromatic rings. The van der Waals surface area contributed by atoms with Crippen molar-refractivity contribution in [2.75, 3.05) is 23.3 Å². The number of amides is 1. The maximum atomic E-state index is 12.8. The highest BCUT2D eigenvalue weighted by Gasteiger charge is 2.28. The van der Waals surface area contributed by atoms with Gasteiger partial charge in [-0.15, -0.1) is 0 Å².